The van der Waals surface area contributed by atoms with Gasteiger partial charge in [0.2, 0.25) is 0 Å². The van der Waals surface area contributed by atoms with Crippen LogP contribution in [0.4, 0.5) is 5.69 Å². The summed E-state index contributed by atoms with van der Waals surface area (Å²) in [6, 6.07) is 11.8. The number of nitrogen functional groups attached to an aromatic ring is 1. The van der Waals surface area contributed by atoms with Gasteiger partial charge in [0.05, 0.1) is 6.61 Å². The Morgan fingerprint density at radius 1 is 1.08 bits per heavy atom. The number of hydrogen-bond acceptors (Lipinski definition) is 2. The maximum absolute atomic E-state index is 9.00. The lowest BCUT2D eigenvalue weighted by Crippen LogP contribution is -1.93. The zero-order valence-electron chi connectivity index (χ0n) is 7.20. The molecule has 0 radical (unpaired) electrons. The number of fused-ring (bicyclic) bond motifs is 1. The summed E-state index contributed by atoms with van der Waals surface area (Å²) >= 11 is 0. The predicted molar refractivity (Wildman–Crippen MR) is 54.3 cm³/mol. The average molecular weight is 175 g/mol. The number of nitrogens with two attached hydrogens (primary N) is 1. The molecule has 0 amide bonds. The molecule has 0 aliphatic carbocycles. The lowest BCUT2D eigenvalue weighted by Gasteiger charge is -2.04. The summed E-state index contributed by atoms with van der Waals surface area (Å²) in [6.45, 7) is -0.00331. The van der Waals surface area contributed by atoms with Crippen molar-refractivity contribution >= 4 is 16.5 Å². The van der Waals surface area contributed by atoms with E-state index in [9.17, 15) is 0 Å². The number of rotatable bonds is 1. The lowest BCUT2D eigenvalue weighted by molar-refractivity contribution is 0.282. The van der Waals surface area contributed by atoms with Crippen LogP contribution in [-0.4, -0.2) is 5.11 Å². The van der Waals surface area contributed by atoms with Crippen LogP contribution in [-0.2, 0) is 6.61 Å². The van der Waals surface area contributed by atoms with Crippen LogP contribution in [0.1, 0.15) is 5.56 Å². The highest BCUT2D eigenvalue weighted by Crippen LogP contribution is 2.21. The van der Waals surface area contributed by atoms with Crippen molar-refractivity contribution in [3.8, 4) is 0 Å². The van der Waals surface area contributed by atoms with Crippen LogP contribution in [0.3, 0.4) is 0 Å². The van der Waals surface area contributed by atoms with E-state index in [-0.39, 0.29) is 6.61 Å². The highest BCUT2D eigenvalue weighted by Gasteiger charge is 1.99. The molecule has 66 valence electrons. The van der Waals surface area contributed by atoms with Crippen molar-refractivity contribution in [2.24, 2.45) is 0 Å². The molecule has 2 rings (SSSR count). The number of anilines is 1. The van der Waals surface area contributed by atoms with Crippen LogP contribution in [0.15, 0.2) is 36.4 Å². The van der Waals surface area contributed by atoms with E-state index in [0.717, 1.165) is 16.3 Å². The van der Waals surface area contributed by atoms with Gasteiger partial charge < -0.3 is 10.8 Å². The van der Waals surface area contributed by atoms with Crippen LogP contribution in [0.2, 0.25) is 0 Å². The van der Waals surface area contributed by atoms with E-state index in [1.54, 1.807) is 0 Å². The van der Waals surface area contributed by atoms with E-state index in [0.29, 0.717) is 5.69 Å². The largest absolute Gasteiger partial charge is 0.398 e. The summed E-state index contributed by atoms with van der Waals surface area (Å²) in [4.78, 5) is 0. The van der Waals surface area contributed by atoms with Crippen LogP contribution in [0.5, 0.6) is 0 Å². The van der Waals surface area contributed by atoms with Gasteiger partial charge in [0.1, 0.15) is 0 Å². The minimum atomic E-state index is -0.00331. The molecule has 0 aliphatic heterocycles. The molecule has 0 saturated heterocycles. The molecule has 13 heavy (non-hydrogen) atoms. The van der Waals surface area contributed by atoms with E-state index in [1.807, 2.05) is 36.4 Å². The van der Waals surface area contributed by atoms with Crippen LogP contribution in [0.25, 0.3) is 10.8 Å². The number of benzene rings is 2. The molecule has 2 heteroatoms. The van der Waals surface area contributed by atoms with E-state index in [2.05, 4.69) is 0 Å². The third-order valence-corrected chi connectivity index (χ3v) is 2.18. The van der Waals surface area contributed by atoms with Crippen molar-refractivity contribution in [1.29, 1.82) is 0 Å². The quantitative estimate of drug-likeness (QED) is 0.650. The second kappa shape index (κ2) is 3.07. The van der Waals surface area contributed by atoms with Gasteiger partial charge in [0.15, 0.2) is 0 Å². The Kier molecular flexibility index (Phi) is 1.91. The molecule has 0 fully saturated rings. The topological polar surface area (TPSA) is 46.2 Å². The van der Waals surface area contributed by atoms with Gasteiger partial charge in [0.25, 0.3) is 0 Å². The van der Waals surface area contributed by atoms with E-state index in [4.69, 9.17) is 10.8 Å². The summed E-state index contributed by atoms with van der Waals surface area (Å²) < 4.78 is 0. The number of hydrogen-bond donors (Lipinski definition) is 2. The van der Waals surface area contributed by atoms with Gasteiger partial charge in [-0.15, -0.1) is 0 Å². The molecule has 0 bridgehead atoms. The van der Waals surface area contributed by atoms with Gasteiger partial charge in [-0.2, -0.15) is 0 Å². The van der Waals surface area contributed by atoms with Crippen molar-refractivity contribution in [3.05, 3.63) is 42.0 Å². The second-order valence-corrected chi connectivity index (χ2v) is 3.06. The normalized spacial score (nSPS) is 10.5. The van der Waals surface area contributed by atoms with Gasteiger partial charge in [-0.25, -0.2) is 0 Å². The molecule has 2 aromatic rings. The first-order valence-corrected chi connectivity index (χ1v) is 4.19. The number of aliphatic hydroxyl groups excluding tert-OH is 1. The second-order valence-electron chi connectivity index (χ2n) is 3.06. The standard InChI is InChI=1S/C11H11NO/c12-11-6-9-4-2-1-3-8(9)5-10(11)7-13/h1-6,13H,7,12H2/i7+2. The molecular weight excluding hydrogens is 164 g/mol. The molecule has 2 aromatic carbocycles. The zero-order chi connectivity index (χ0) is 9.26. The zero-order valence-corrected chi connectivity index (χ0v) is 7.20. The van der Waals surface area contributed by atoms with Crippen LogP contribution >= 0.6 is 0 Å². The minimum absolute atomic E-state index is 0.00331. The monoisotopic (exact) mass is 175 g/mol. The van der Waals surface area contributed by atoms with Gasteiger partial charge >= 0.3 is 0 Å². The first-order chi connectivity index (χ1) is 6.31. The summed E-state index contributed by atoms with van der Waals surface area (Å²) in [5.74, 6) is 0. The fourth-order valence-electron chi connectivity index (χ4n) is 1.44. The maximum Gasteiger partial charge on any atom is 0.0702 e. The highest BCUT2D eigenvalue weighted by molar-refractivity contribution is 5.86. The van der Waals surface area contributed by atoms with Gasteiger partial charge in [0, 0.05) is 11.3 Å². The Bertz CT molecular complexity index is 437. The van der Waals surface area contributed by atoms with E-state index >= 15 is 0 Å². The molecular formula is C11H11NO. The molecule has 2 nitrogen and oxygen atoms in total. The van der Waals surface area contributed by atoms with Gasteiger partial charge in [-0.3, -0.25) is 0 Å². The van der Waals surface area contributed by atoms with Gasteiger partial charge in [-0.1, -0.05) is 24.3 Å². The van der Waals surface area contributed by atoms with Crippen molar-refractivity contribution in [3.63, 3.8) is 0 Å². The average Bonchev–Trinajstić information content (AvgIpc) is 2.17. The Morgan fingerprint density at radius 2 is 1.69 bits per heavy atom. The fourth-order valence-corrected chi connectivity index (χ4v) is 1.44. The molecule has 0 saturated carbocycles. The minimum Gasteiger partial charge on any atom is -0.398 e. The summed E-state index contributed by atoms with van der Waals surface area (Å²) in [5, 5.41) is 11.2. The Hall–Kier alpha value is -1.54. The fraction of sp³-hybridized carbons (Fsp3) is 0.0909. The molecule has 0 aliphatic rings. The van der Waals surface area contributed by atoms with E-state index < -0.39 is 0 Å². The summed E-state index contributed by atoms with van der Waals surface area (Å²) in [6.07, 6.45) is 0. The molecule has 0 aromatic heterocycles. The SMILES string of the molecule is Nc1cc2ccccc2cc1[14CH2]O. The lowest BCUT2D eigenvalue weighted by atomic mass is 10.1. The maximum atomic E-state index is 9.00. The summed E-state index contributed by atoms with van der Waals surface area (Å²) in [7, 11) is 0. The molecule has 0 heterocycles. The molecule has 3 N–H and O–H groups in total. The van der Waals surface area contributed by atoms with Crippen LogP contribution in [0, 0.1) is 0 Å². The van der Waals surface area contributed by atoms with Crippen molar-refractivity contribution in [2.75, 3.05) is 5.73 Å². The summed E-state index contributed by atoms with van der Waals surface area (Å²) in [5.41, 5.74) is 7.18. The smallest absolute Gasteiger partial charge is 0.0702 e. The van der Waals surface area contributed by atoms with Crippen molar-refractivity contribution < 1.29 is 5.11 Å². The van der Waals surface area contributed by atoms with E-state index in [1.165, 1.54) is 0 Å². The third kappa shape index (κ3) is 1.36. The third-order valence-electron chi connectivity index (χ3n) is 2.18. The molecule has 0 unspecified atom stereocenters. The van der Waals surface area contributed by atoms with Gasteiger partial charge in [-0.05, 0) is 22.9 Å². The Morgan fingerprint density at radius 3 is 2.31 bits per heavy atom. The Labute approximate surface area is 76.6 Å². The first kappa shape index (κ1) is 8.08. The van der Waals surface area contributed by atoms with Crippen molar-refractivity contribution in [1.82, 2.24) is 0 Å². The van der Waals surface area contributed by atoms with Crippen molar-refractivity contribution in [2.45, 2.75) is 6.61 Å². The Balaban J connectivity index is 2.74. The number of aliphatic hydroxyl groups is 1. The molecule has 0 spiro atoms. The predicted octanol–water partition coefficient (Wildman–Crippen LogP) is 1.91. The van der Waals surface area contributed by atoms with Crippen LogP contribution < -0.4 is 5.73 Å². The molecule has 0 atom stereocenters. The first-order valence-electron chi connectivity index (χ1n) is 4.19. The highest BCUT2D eigenvalue weighted by atomic mass is 16.5.